The lowest BCUT2D eigenvalue weighted by atomic mass is 9.87. The zero-order valence-corrected chi connectivity index (χ0v) is 8.66. The molecule has 2 nitrogen and oxygen atoms in total. The van der Waals surface area contributed by atoms with E-state index < -0.39 is 0 Å². The minimum absolute atomic E-state index is 0.0455. The number of fused-ring (bicyclic) bond motifs is 1. The van der Waals surface area contributed by atoms with E-state index in [9.17, 15) is 4.79 Å². The van der Waals surface area contributed by atoms with Gasteiger partial charge < -0.3 is 4.90 Å². The molecule has 0 bridgehead atoms. The Bertz CT molecular complexity index is 357. The van der Waals surface area contributed by atoms with Crippen LogP contribution in [0.1, 0.15) is 25.8 Å². The van der Waals surface area contributed by atoms with Crippen LogP contribution in [0.2, 0.25) is 0 Å². The number of carbonyl (C=O) groups is 1. The van der Waals surface area contributed by atoms with Gasteiger partial charge in [-0.05, 0) is 38.3 Å². The van der Waals surface area contributed by atoms with Gasteiger partial charge in [-0.15, -0.1) is 0 Å². The van der Waals surface area contributed by atoms with Crippen LogP contribution in [0.4, 0.5) is 5.69 Å². The number of hydrogen-bond acceptors (Lipinski definition) is 1. The zero-order chi connectivity index (χ0) is 10.2. The second-order valence-electron chi connectivity index (χ2n) is 4.42. The van der Waals surface area contributed by atoms with Crippen molar-refractivity contribution in [2.75, 3.05) is 4.90 Å². The Hall–Kier alpha value is -1.31. The van der Waals surface area contributed by atoms with Crippen molar-refractivity contribution in [1.82, 2.24) is 0 Å². The van der Waals surface area contributed by atoms with E-state index in [1.54, 1.807) is 0 Å². The molecule has 0 saturated carbocycles. The summed E-state index contributed by atoms with van der Waals surface area (Å²) in [5.74, 6) is 0. The molecular formula is C12H15NO. The SMILES string of the molecule is CC1(C)CCc2ccccc2N1C=O. The van der Waals surface area contributed by atoms with Crippen LogP contribution in [0.3, 0.4) is 0 Å². The predicted molar refractivity (Wildman–Crippen MR) is 57.4 cm³/mol. The molecule has 0 aromatic heterocycles. The number of benzene rings is 1. The molecule has 0 radical (unpaired) electrons. The van der Waals surface area contributed by atoms with Gasteiger partial charge in [0, 0.05) is 11.2 Å². The van der Waals surface area contributed by atoms with Crippen LogP contribution in [0.5, 0.6) is 0 Å². The summed E-state index contributed by atoms with van der Waals surface area (Å²) in [5.41, 5.74) is 2.30. The quantitative estimate of drug-likeness (QED) is 0.621. The molecule has 0 N–H and O–H groups in total. The topological polar surface area (TPSA) is 20.3 Å². The van der Waals surface area contributed by atoms with Crippen molar-refractivity contribution >= 4 is 12.1 Å². The molecule has 1 aliphatic heterocycles. The Morgan fingerprint density at radius 3 is 2.79 bits per heavy atom. The van der Waals surface area contributed by atoms with E-state index >= 15 is 0 Å². The van der Waals surface area contributed by atoms with Crippen LogP contribution >= 0.6 is 0 Å². The summed E-state index contributed by atoms with van der Waals surface area (Å²) < 4.78 is 0. The van der Waals surface area contributed by atoms with Gasteiger partial charge >= 0.3 is 0 Å². The first-order valence-corrected chi connectivity index (χ1v) is 4.98. The summed E-state index contributed by atoms with van der Waals surface area (Å²) in [6, 6.07) is 8.13. The molecule has 1 amide bonds. The van der Waals surface area contributed by atoms with Crippen LogP contribution in [-0.2, 0) is 11.2 Å². The average Bonchev–Trinajstić information content (AvgIpc) is 2.17. The van der Waals surface area contributed by atoms with Gasteiger partial charge in [-0.3, -0.25) is 4.79 Å². The van der Waals surface area contributed by atoms with Crippen molar-refractivity contribution < 1.29 is 4.79 Å². The minimum atomic E-state index is -0.0455. The van der Waals surface area contributed by atoms with Crippen molar-refractivity contribution in [1.29, 1.82) is 0 Å². The number of hydrogen-bond donors (Lipinski definition) is 0. The molecule has 0 aliphatic carbocycles. The molecule has 1 aromatic carbocycles. The maximum Gasteiger partial charge on any atom is 0.214 e. The summed E-state index contributed by atoms with van der Waals surface area (Å²) in [6.45, 7) is 4.22. The van der Waals surface area contributed by atoms with Crippen LogP contribution in [-0.4, -0.2) is 11.9 Å². The second kappa shape index (κ2) is 3.12. The lowest BCUT2D eigenvalue weighted by molar-refractivity contribution is -0.108. The number of anilines is 1. The lowest BCUT2D eigenvalue weighted by Crippen LogP contribution is -2.46. The highest BCUT2D eigenvalue weighted by Crippen LogP contribution is 2.35. The van der Waals surface area contributed by atoms with Crippen molar-refractivity contribution in [3.8, 4) is 0 Å². The average molecular weight is 189 g/mol. The molecule has 0 spiro atoms. The minimum Gasteiger partial charge on any atom is -0.309 e. The molecule has 74 valence electrons. The first-order chi connectivity index (χ1) is 6.65. The summed E-state index contributed by atoms with van der Waals surface area (Å²) in [5, 5.41) is 0. The van der Waals surface area contributed by atoms with E-state index in [4.69, 9.17) is 0 Å². The number of rotatable bonds is 1. The Labute approximate surface area is 84.5 Å². The summed E-state index contributed by atoms with van der Waals surface area (Å²) in [7, 11) is 0. The monoisotopic (exact) mass is 189 g/mol. The van der Waals surface area contributed by atoms with Crippen LogP contribution in [0, 0.1) is 0 Å². The fourth-order valence-corrected chi connectivity index (χ4v) is 2.04. The molecule has 1 aromatic rings. The third-order valence-corrected chi connectivity index (χ3v) is 3.01. The highest BCUT2D eigenvalue weighted by atomic mass is 16.1. The van der Waals surface area contributed by atoms with Crippen molar-refractivity contribution in [3.63, 3.8) is 0 Å². The van der Waals surface area contributed by atoms with E-state index in [1.165, 1.54) is 5.56 Å². The Morgan fingerprint density at radius 2 is 2.07 bits per heavy atom. The van der Waals surface area contributed by atoms with E-state index in [-0.39, 0.29) is 5.54 Å². The number of carbonyl (C=O) groups excluding carboxylic acids is 1. The Kier molecular flexibility index (Phi) is 2.06. The molecule has 0 unspecified atom stereocenters. The lowest BCUT2D eigenvalue weighted by Gasteiger charge is -2.41. The maximum absolute atomic E-state index is 11.1. The van der Waals surface area contributed by atoms with Gasteiger partial charge in [0.25, 0.3) is 0 Å². The standard InChI is InChI=1S/C12H15NO/c1-12(2)8-7-10-5-3-4-6-11(10)13(12)9-14/h3-6,9H,7-8H2,1-2H3. The fourth-order valence-electron chi connectivity index (χ4n) is 2.04. The van der Waals surface area contributed by atoms with Gasteiger partial charge in [-0.25, -0.2) is 0 Å². The molecule has 0 atom stereocenters. The van der Waals surface area contributed by atoms with Crippen molar-refractivity contribution in [2.45, 2.75) is 32.2 Å². The van der Waals surface area contributed by atoms with Gasteiger partial charge in [0.2, 0.25) is 6.41 Å². The van der Waals surface area contributed by atoms with Crippen molar-refractivity contribution in [3.05, 3.63) is 29.8 Å². The molecule has 1 heterocycles. The molecule has 14 heavy (non-hydrogen) atoms. The molecule has 2 heteroatoms. The fraction of sp³-hybridized carbons (Fsp3) is 0.417. The van der Waals surface area contributed by atoms with Crippen LogP contribution in [0.25, 0.3) is 0 Å². The predicted octanol–water partition coefficient (Wildman–Crippen LogP) is 2.37. The van der Waals surface area contributed by atoms with Gasteiger partial charge in [0.15, 0.2) is 0 Å². The largest absolute Gasteiger partial charge is 0.309 e. The third kappa shape index (κ3) is 1.31. The Morgan fingerprint density at radius 1 is 1.36 bits per heavy atom. The van der Waals surface area contributed by atoms with E-state index in [1.807, 2.05) is 23.1 Å². The molecular weight excluding hydrogens is 174 g/mol. The number of nitrogens with zero attached hydrogens (tertiary/aromatic N) is 1. The molecule has 1 aliphatic rings. The second-order valence-corrected chi connectivity index (χ2v) is 4.42. The number of amides is 1. The molecule has 0 fully saturated rings. The zero-order valence-electron chi connectivity index (χ0n) is 8.66. The first kappa shape index (κ1) is 9.25. The van der Waals surface area contributed by atoms with Gasteiger partial charge in [0.1, 0.15) is 0 Å². The molecule has 0 saturated heterocycles. The number of para-hydroxylation sites is 1. The Balaban J connectivity index is 2.50. The molecule has 2 rings (SSSR count). The van der Waals surface area contributed by atoms with Gasteiger partial charge in [0.05, 0.1) is 0 Å². The first-order valence-electron chi connectivity index (χ1n) is 4.98. The summed E-state index contributed by atoms with van der Waals surface area (Å²) >= 11 is 0. The summed E-state index contributed by atoms with van der Waals surface area (Å²) in [4.78, 5) is 12.9. The van der Waals surface area contributed by atoms with E-state index in [0.717, 1.165) is 24.9 Å². The smallest absolute Gasteiger partial charge is 0.214 e. The summed E-state index contributed by atoms with van der Waals surface area (Å²) in [6.07, 6.45) is 3.04. The van der Waals surface area contributed by atoms with E-state index in [0.29, 0.717) is 0 Å². The van der Waals surface area contributed by atoms with Crippen LogP contribution in [0.15, 0.2) is 24.3 Å². The number of aryl methyl sites for hydroxylation is 1. The maximum atomic E-state index is 11.1. The third-order valence-electron chi connectivity index (χ3n) is 3.01. The highest BCUT2D eigenvalue weighted by Gasteiger charge is 2.31. The normalized spacial score (nSPS) is 18.9. The van der Waals surface area contributed by atoms with Crippen LogP contribution < -0.4 is 4.90 Å². The highest BCUT2D eigenvalue weighted by molar-refractivity contribution is 5.80. The van der Waals surface area contributed by atoms with Gasteiger partial charge in [-0.2, -0.15) is 0 Å². The van der Waals surface area contributed by atoms with Gasteiger partial charge in [-0.1, -0.05) is 18.2 Å². The van der Waals surface area contributed by atoms with Crippen molar-refractivity contribution in [2.24, 2.45) is 0 Å². The van der Waals surface area contributed by atoms with E-state index in [2.05, 4.69) is 19.9 Å².